The van der Waals surface area contributed by atoms with Crippen molar-refractivity contribution in [3.63, 3.8) is 0 Å². The second-order valence-corrected chi connectivity index (χ2v) is 7.85. The first-order chi connectivity index (χ1) is 12.1. The molecule has 1 atom stereocenters. The van der Waals surface area contributed by atoms with Crippen LogP contribution < -0.4 is 15.0 Å². The molecule has 2 aromatic carbocycles. The lowest BCUT2D eigenvalue weighted by atomic mass is 10.1. The van der Waals surface area contributed by atoms with Crippen LogP contribution in [0.1, 0.15) is 18.5 Å². The van der Waals surface area contributed by atoms with Gasteiger partial charge in [0.25, 0.3) is 0 Å². The zero-order valence-corrected chi connectivity index (χ0v) is 16.7. The molecular formula is C19H21BrN2O2S. The van der Waals surface area contributed by atoms with Gasteiger partial charge in [-0.25, -0.2) is 0 Å². The Morgan fingerprint density at radius 3 is 2.92 bits per heavy atom. The number of carbonyl (C=O) groups is 1. The number of amides is 1. The molecule has 0 saturated carbocycles. The molecule has 1 aliphatic rings. The largest absolute Gasteiger partial charge is 0.496 e. The number of rotatable bonds is 5. The zero-order valence-electron chi connectivity index (χ0n) is 14.3. The van der Waals surface area contributed by atoms with Crippen molar-refractivity contribution in [2.45, 2.75) is 17.9 Å². The number of halogens is 1. The van der Waals surface area contributed by atoms with Gasteiger partial charge >= 0.3 is 0 Å². The van der Waals surface area contributed by atoms with Crippen LogP contribution in [0.25, 0.3) is 0 Å². The first-order valence-electron chi connectivity index (χ1n) is 8.19. The summed E-state index contributed by atoms with van der Waals surface area (Å²) in [4.78, 5) is 15.7. The molecule has 0 aliphatic carbocycles. The molecule has 2 aromatic rings. The lowest BCUT2D eigenvalue weighted by Gasteiger charge is -2.29. The van der Waals surface area contributed by atoms with E-state index in [4.69, 9.17) is 4.74 Å². The maximum Gasteiger partial charge on any atom is 0.241 e. The molecule has 0 bridgehead atoms. The van der Waals surface area contributed by atoms with Crippen LogP contribution in [-0.2, 0) is 4.79 Å². The number of hydrogen-bond acceptors (Lipinski definition) is 4. The molecule has 1 amide bonds. The summed E-state index contributed by atoms with van der Waals surface area (Å²) in [6.45, 7) is 3.12. The summed E-state index contributed by atoms with van der Waals surface area (Å²) in [5, 5.41) is 3.33. The van der Waals surface area contributed by atoms with Crippen LogP contribution in [0.3, 0.4) is 0 Å². The molecule has 3 rings (SSSR count). The Balaban J connectivity index is 1.64. The van der Waals surface area contributed by atoms with E-state index in [1.165, 1.54) is 4.90 Å². The summed E-state index contributed by atoms with van der Waals surface area (Å²) >= 11 is 5.31. The van der Waals surface area contributed by atoms with Gasteiger partial charge in [-0.05, 0) is 52.7 Å². The first-order valence-corrected chi connectivity index (χ1v) is 9.97. The lowest BCUT2D eigenvalue weighted by molar-refractivity contribution is -0.117. The first kappa shape index (κ1) is 18.3. The zero-order chi connectivity index (χ0) is 17.8. The Labute approximate surface area is 161 Å². The number of carbonyl (C=O) groups excluding carboxylic acids is 1. The number of methoxy groups -OCH3 is 1. The molecule has 0 aromatic heterocycles. The molecule has 25 heavy (non-hydrogen) atoms. The van der Waals surface area contributed by atoms with Crippen molar-refractivity contribution in [2.75, 3.05) is 30.9 Å². The van der Waals surface area contributed by atoms with E-state index in [2.05, 4.69) is 34.2 Å². The molecule has 0 radical (unpaired) electrons. The van der Waals surface area contributed by atoms with E-state index in [0.29, 0.717) is 6.54 Å². The van der Waals surface area contributed by atoms with Gasteiger partial charge in [0.15, 0.2) is 0 Å². The van der Waals surface area contributed by atoms with E-state index in [1.54, 1.807) is 18.9 Å². The topological polar surface area (TPSA) is 41.6 Å². The van der Waals surface area contributed by atoms with Gasteiger partial charge in [0.1, 0.15) is 5.75 Å². The Hall–Kier alpha value is -1.50. The summed E-state index contributed by atoms with van der Waals surface area (Å²) in [7, 11) is 1.65. The van der Waals surface area contributed by atoms with Crippen LogP contribution >= 0.6 is 27.7 Å². The van der Waals surface area contributed by atoms with Crippen LogP contribution in [-0.4, -0.2) is 31.9 Å². The molecular weight excluding hydrogens is 400 g/mol. The number of fused-ring (bicyclic) bond motifs is 1. The maximum absolute atomic E-state index is 12.7. The summed E-state index contributed by atoms with van der Waals surface area (Å²) in [5.41, 5.74) is 2.13. The standard InChI is InChI=1S/C19H21BrN2O2S/c1-13(14-7-8-17(24-2)15(20)11-14)21-12-19(23)22-9-10-25-18-6-4-3-5-16(18)22/h3-8,11,13,21H,9-10,12H2,1-2H3. The Kier molecular flexibility index (Phi) is 6.04. The van der Waals surface area contributed by atoms with Crippen molar-refractivity contribution in [3.05, 3.63) is 52.5 Å². The fourth-order valence-corrected chi connectivity index (χ4v) is 4.39. The van der Waals surface area contributed by atoms with Crippen LogP contribution in [0.5, 0.6) is 5.75 Å². The molecule has 0 saturated heterocycles. The third-order valence-electron chi connectivity index (χ3n) is 4.26. The lowest BCUT2D eigenvalue weighted by Crippen LogP contribution is -2.41. The van der Waals surface area contributed by atoms with Gasteiger partial charge in [-0.1, -0.05) is 18.2 Å². The summed E-state index contributed by atoms with van der Waals surface area (Å²) in [6, 6.07) is 14.1. The minimum absolute atomic E-state index is 0.0700. The highest BCUT2D eigenvalue weighted by Crippen LogP contribution is 2.34. The fourth-order valence-electron chi connectivity index (χ4n) is 2.83. The number of hydrogen-bond donors (Lipinski definition) is 1. The number of benzene rings is 2. The average molecular weight is 421 g/mol. The van der Waals surface area contributed by atoms with Crippen molar-refractivity contribution in [2.24, 2.45) is 0 Å². The quantitative estimate of drug-likeness (QED) is 0.784. The fraction of sp³-hybridized carbons (Fsp3) is 0.316. The molecule has 1 unspecified atom stereocenters. The minimum Gasteiger partial charge on any atom is -0.496 e. The smallest absolute Gasteiger partial charge is 0.241 e. The number of thioether (sulfide) groups is 1. The van der Waals surface area contributed by atoms with Gasteiger partial charge in [0.05, 0.1) is 23.8 Å². The molecule has 132 valence electrons. The predicted octanol–water partition coefficient (Wildman–Crippen LogP) is 4.25. The SMILES string of the molecule is COc1ccc(C(C)NCC(=O)N2CCSc3ccccc32)cc1Br. The highest BCUT2D eigenvalue weighted by molar-refractivity contribution is 9.10. The summed E-state index contributed by atoms with van der Waals surface area (Å²) in [5.74, 6) is 1.84. The summed E-state index contributed by atoms with van der Waals surface area (Å²) in [6.07, 6.45) is 0. The molecule has 1 heterocycles. The van der Waals surface area contributed by atoms with Crippen LogP contribution in [0.4, 0.5) is 5.69 Å². The highest BCUT2D eigenvalue weighted by atomic mass is 79.9. The van der Waals surface area contributed by atoms with Crippen LogP contribution in [0.2, 0.25) is 0 Å². The molecule has 0 fully saturated rings. The van der Waals surface area contributed by atoms with Crippen molar-refractivity contribution in [3.8, 4) is 5.75 Å². The van der Waals surface area contributed by atoms with Crippen LogP contribution in [0, 0.1) is 0 Å². The van der Waals surface area contributed by atoms with Crippen molar-refractivity contribution < 1.29 is 9.53 Å². The van der Waals surface area contributed by atoms with E-state index in [-0.39, 0.29) is 11.9 Å². The Morgan fingerprint density at radius 2 is 2.16 bits per heavy atom. The van der Waals surface area contributed by atoms with Crippen molar-refractivity contribution >= 4 is 39.3 Å². The number of nitrogens with zero attached hydrogens (tertiary/aromatic N) is 1. The van der Waals surface area contributed by atoms with Gasteiger partial charge in [0.2, 0.25) is 5.91 Å². The molecule has 0 spiro atoms. The highest BCUT2D eigenvalue weighted by Gasteiger charge is 2.22. The van der Waals surface area contributed by atoms with E-state index in [1.807, 2.05) is 41.3 Å². The number of anilines is 1. The predicted molar refractivity (Wildman–Crippen MR) is 107 cm³/mol. The minimum atomic E-state index is 0.0700. The summed E-state index contributed by atoms with van der Waals surface area (Å²) < 4.78 is 6.17. The van der Waals surface area contributed by atoms with Gasteiger partial charge in [-0.15, -0.1) is 11.8 Å². The Bertz CT molecular complexity index is 769. The number of para-hydroxylation sites is 1. The van der Waals surface area contributed by atoms with Crippen molar-refractivity contribution in [1.29, 1.82) is 0 Å². The molecule has 4 nitrogen and oxygen atoms in total. The van der Waals surface area contributed by atoms with Crippen molar-refractivity contribution in [1.82, 2.24) is 5.32 Å². The second kappa shape index (κ2) is 8.25. The Morgan fingerprint density at radius 1 is 1.36 bits per heavy atom. The van der Waals surface area contributed by atoms with Gasteiger partial charge < -0.3 is 15.0 Å². The van der Waals surface area contributed by atoms with Gasteiger partial charge in [-0.3, -0.25) is 4.79 Å². The van der Waals surface area contributed by atoms with E-state index in [0.717, 1.165) is 33.8 Å². The molecule has 6 heteroatoms. The average Bonchev–Trinajstić information content (AvgIpc) is 2.65. The van der Waals surface area contributed by atoms with Gasteiger partial charge in [0, 0.05) is 23.2 Å². The monoisotopic (exact) mass is 420 g/mol. The van der Waals surface area contributed by atoms with E-state index >= 15 is 0 Å². The molecule has 1 aliphatic heterocycles. The van der Waals surface area contributed by atoms with Crippen LogP contribution in [0.15, 0.2) is 51.8 Å². The normalized spacial score (nSPS) is 14.8. The van der Waals surface area contributed by atoms with E-state index in [9.17, 15) is 4.79 Å². The number of nitrogens with one attached hydrogen (secondary N) is 1. The number of ether oxygens (including phenoxy) is 1. The maximum atomic E-state index is 12.7. The van der Waals surface area contributed by atoms with Gasteiger partial charge in [-0.2, -0.15) is 0 Å². The van der Waals surface area contributed by atoms with E-state index < -0.39 is 0 Å². The third-order valence-corrected chi connectivity index (χ3v) is 5.93. The third kappa shape index (κ3) is 4.19. The molecule has 1 N–H and O–H groups in total. The second-order valence-electron chi connectivity index (χ2n) is 5.86.